The Hall–Kier alpha value is -2.97. The first kappa shape index (κ1) is 21.7. The molecule has 1 atom stereocenters. The first-order chi connectivity index (χ1) is 14.6. The maximum Gasteiger partial charge on any atom is 0.220 e. The number of nitrogens with zero attached hydrogens (tertiary/aromatic N) is 3. The van der Waals surface area contributed by atoms with E-state index in [4.69, 9.17) is 31.7 Å². The largest absolute Gasteiger partial charge is 0.493 e. The van der Waals surface area contributed by atoms with Crippen molar-refractivity contribution in [2.24, 2.45) is 11.5 Å². The van der Waals surface area contributed by atoms with E-state index in [1.165, 1.54) is 0 Å². The Morgan fingerprint density at radius 2 is 1.67 bits per heavy atom. The molecule has 6 N–H and O–H groups in total. The van der Waals surface area contributed by atoms with Crippen molar-refractivity contribution < 1.29 is 9.47 Å². The Labute approximate surface area is 176 Å². The van der Waals surface area contributed by atoms with Crippen LogP contribution in [0.2, 0.25) is 0 Å². The van der Waals surface area contributed by atoms with Gasteiger partial charge in [0.25, 0.3) is 0 Å². The molecule has 1 unspecified atom stereocenters. The van der Waals surface area contributed by atoms with Crippen molar-refractivity contribution in [3.63, 3.8) is 0 Å². The Balaban J connectivity index is 1.93. The van der Waals surface area contributed by atoms with Crippen LogP contribution in [0.1, 0.15) is 43.8 Å². The molecule has 2 aromatic heterocycles. The SMILES string of the molecule is COc1ccc(-c2ccc3nc(N)nc(C(N)CCCCCCN)c3n2)cc1OC. The van der Waals surface area contributed by atoms with Crippen molar-refractivity contribution in [1.29, 1.82) is 0 Å². The van der Waals surface area contributed by atoms with Crippen LogP contribution in [-0.2, 0) is 0 Å². The van der Waals surface area contributed by atoms with Gasteiger partial charge < -0.3 is 26.7 Å². The number of anilines is 1. The third kappa shape index (κ3) is 4.95. The molecule has 0 bridgehead atoms. The fourth-order valence-corrected chi connectivity index (χ4v) is 3.47. The summed E-state index contributed by atoms with van der Waals surface area (Å²) in [5, 5.41) is 0. The molecule has 160 valence electrons. The maximum absolute atomic E-state index is 6.47. The summed E-state index contributed by atoms with van der Waals surface area (Å²) in [6.45, 7) is 0.724. The van der Waals surface area contributed by atoms with Crippen molar-refractivity contribution in [2.75, 3.05) is 26.5 Å². The monoisotopic (exact) mass is 410 g/mol. The second-order valence-corrected chi connectivity index (χ2v) is 7.20. The van der Waals surface area contributed by atoms with E-state index >= 15 is 0 Å². The highest BCUT2D eigenvalue weighted by Crippen LogP contribution is 2.33. The standard InChI is InChI=1S/C22H30N6O2/c1-29-18-11-8-14(13-19(18)30-2)16-9-10-17-21(26-16)20(28-22(25)27-17)15(24)7-5-3-4-6-12-23/h8-11,13,15H,3-7,12,23-24H2,1-2H3,(H2,25,27,28). The summed E-state index contributed by atoms with van der Waals surface area (Å²) in [5.74, 6) is 1.51. The van der Waals surface area contributed by atoms with Crippen molar-refractivity contribution in [3.05, 3.63) is 36.0 Å². The van der Waals surface area contributed by atoms with Crippen LogP contribution in [-0.4, -0.2) is 35.7 Å². The Kier molecular flexibility index (Phi) is 7.37. The molecule has 0 saturated heterocycles. The molecule has 0 aliphatic rings. The Morgan fingerprint density at radius 1 is 0.900 bits per heavy atom. The molecule has 0 amide bonds. The van der Waals surface area contributed by atoms with Crippen LogP contribution in [0.5, 0.6) is 11.5 Å². The van der Waals surface area contributed by atoms with E-state index in [2.05, 4.69) is 9.97 Å². The van der Waals surface area contributed by atoms with Crippen molar-refractivity contribution in [2.45, 2.75) is 38.1 Å². The molecule has 30 heavy (non-hydrogen) atoms. The smallest absolute Gasteiger partial charge is 0.220 e. The zero-order chi connectivity index (χ0) is 21.5. The number of fused-ring (bicyclic) bond motifs is 1. The van der Waals surface area contributed by atoms with E-state index < -0.39 is 0 Å². The molecule has 3 aromatic rings. The third-order valence-electron chi connectivity index (χ3n) is 5.09. The molecule has 8 heteroatoms. The number of ether oxygens (including phenoxy) is 2. The number of rotatable bonds is 10. The van der Waals surface area contributed by atoms with E-state index in [1.807, 2.05) is 30.3 Å². The molecule has 3 rings (SSSR count). The Bertz CT molecular complexity index is 995. The van der Waals surface area contributed by atoms with Gasteiger partial charge >= 0.3 is 0 Å². The normalized spacial score (nSPS) is 12.1. The second kappa shape index (κ2) is 10.2. The number of hydrogen-bond donors (Lipinski definition) is 3. The molecule has 2 heterocycles. The van der Waals surface area contributed by atoms with E-state index in [-0.39, 0.29) is 12.0 Å². The van der Waals surface area contributed by atoms with Crippen LogP contribution >= 0.6 is 0 Å². The van der Waals surface area contributed by atoms with Crippen LogP contribution < -0.4 is 26.7 Å². The zero-order valence-electron chi connectivity index (χ0n) is 17.6. The van der Waals surface area contributed by atoms with Crippen LogP contribution in [0, 0.1) is 0 Å². The molecule has 0 aliphatic heterocycles. The Morgan fingerprint density at radius 3 is 2.40 bits per heavy atom. The summed E-state index contributed by atoms with van der Waals surface area (Å²) in [6.07, 6.45) is 5.04. The highest BCUT2D eigenvalue weighted by atomic mass is 16.5. The van der Waals surface area contributed by atoms with Gasteiger partial charge in [0.15, 0.2) is 11.5 Å². The molecule has 0 fully saturated rings. The zero-order valence-corrected chi connectivity index (χ0v) is 17.6. The molecular weight excluding hydrogens is 380 g/mol. The van der Waals surface area contributed by atoms with Crippen molar-refractivity contribution in [3.8, 4) is 22.8 Å². The minimum atomic E-state index is -0.260. The number of hydrogen-bond acceptors (Lipinski definition) is 8. The van der Waals surface area contributed by atoms with E-state index in [1.54, 1.807) is 14.2 Å². The summed E-state index contributed by atoms with van der Waals surface area (Å²) in [6, 6.07) is 9.21. The third-order valence-corrected chi connectivity index (χ3v) is 5.09. The van der Waals surface area contributed by atoms with Crippen LogP contribution in [0.25, 0.3) is 22.3 Å². The van der Waals surface area contributed by atoms with Gasteiger partial charge in [0, 0.05) is 11.6 Å². The van der Waals surface area contributed by atoms with Gasteiger partial charge in [-0.2, -0.15) is 0 Å². The number of nitrogen functional groups attached to an aromatic ring is 1. The van der Waals surface area contributed by atoms with E-state index in [0.717, 1.165) is 49.9 Å². The lowest BCUT2D eigenvalue weighted by molar-refractivity contribution is 0.355. The summed E-state index contributed by atoms with van der Waals surface area (Å²) >= 11 is 0. The number of unbranched alkanes of at least 4 members (excludes halogenated alkanes) is 3. The van der Waals surface area contributed by atoms with Gasteiger partial charge in [0.2, 0.25) is 5.95 Å². The van der Waals surface area contributed by atoms with Gasteiger partial charge in [-0.1, -0.05) is 19.3 Å². The molecular formula is C22H30N6O2. The summed E-state index contributed by atoms with van der Waals surface area (Å²) in [4.78, 5) is 13.6. The van der Waals surface area contributed by atoms with Crippen LogP contribution in [0.3, 0.4) is 0 Å². The highest BCUT2D eigenvalue weighted by molar-refractivity contribution is 5.81. The lowest BCUT2D eigenvalue weighted by Gasteiger charge is -2.14. The van der Waals surface area contributed by atoms with Crippen LogP contribution in [0.15, 0.2) is 30.3 Å². The maximum atomic E-state index is 6.47. The number of methoxy groups -OCH3 is 2. The number of pyridine rings is 1. The van der Waals surface area contributed by atoms with Crippen LogP contribution in [0.4, 0.5) is 5.95 Å². The minimum absolute atomic E-state index is 0.205. The number of aromatic nitrogens is 3. The van der Waals surface area contributed by atoms with Gasteiger partial charge in [-0.15, -0.1) is 0 Å². The predicted molar refractivity (Wildman–Crippen MR) is 119 cm³/mol. The van der Waals surface area contributed by atoms with Gasteiger partial charge in [-0.3, -0.25) is 0 Å². The fourth-order valence-electron chi connectivity index (χ4n) is 3.47. The van der Waals surface area contributed by atoms with E-state index in [0.29, 0.717) is 28.2 Å². The average molecular weight is 411 g/mol. The van der Waals surface area contributed by atoms with Crippen molar-refractivity contribution in [1.82, 2.24) is 15.0 Å². The summed E-state index contributed by atoms with van der Waals surface area (Å²) < 4.78 is 10.7. The van der Waals surface area contributed by atoms with Gasteiger partial charge in [-0.05, 0) is 49.7 Å². The minimum Gasteiger partial charge on any atom is -0.493 e. The van der Waals surface area contributed by atoms with Gasteiger partial charge in [0.05, 0.1) is 31.1 Å². The summed E-state index contributed by atoms with van der Waals surface area (Å²) in [5.41, 5.74) is 21.7. The fraction of sp³-hybridized carbons (Fsp3) is 0.409. The molecule has 0 radical (unpaired) electrons. The number of nitrogens with two attached hydrogens (primary N) is 3. The second-order valence-electron chi connectivity index (χ2n) is 7.20. The lowest BCUT2D eigenvalue weighted by Crippen LogP contribution is -2.15. The lowest BCUT2D eigenvalue weighted by atomic mass is 10.0. The average Bonchev–Trinajstić information content (AvgIpc) is 2.77. The van der Waals surface area contributed by atoms with Crippen molar-refractivity contribution >= 4 is 17.0 Å². The van der Waals surface area contributed by atoms with E-state index in [9.17, 15) is 0 Å². The predicted octanol–water partition coefficient (Wildman–Crippen LogP) is 3.20. The molecule has 0 aliphatic carbocycles. The van der Waals surface area contributed by atoms with Gasteiger partial charge in [0.1, 0.15) is 5.52 Å². The molecule has 1 aromatic carbocycles. The molecule has 8 nitrogen and oxygen atoms in total. The first-order valence-corrected chi connectivity index (χ1v) is 10.2. The van der Waals surface area contributed by atoms with Gasteiger partial charge in [-0.25, -0.2) is 15.0 Å². The number of benzene rings is 1. The first-order valence-electron chi connectivity index (χ1n) is 10.2. The highest BCUT2D eigenvalue weighted by Gasteiger charge is 2.16. The molecule has 0 saturated carbocycles. The molecule has 0 spiro atoms. The quantitative estimate of drug-likeness (QED) is 0.434. The topological polar surface area (TPSA) is 135 Å². The summed E-state index contributed by atoms with van der Waals surface area (Å²) in [7, 11) is 3.22.